The molecule has 3 atom stereocenters. The smallest absolute Gasteiger partial charge is 0.246 e. The summed E-state index contributed by atoms with van der Waals surface area (Å²) in [5, 5.41) is 2.92. The maximum absolute atomic E-state index is 15.2. The van der Waals surface area contributed by atoms with Crippen LogP contribution in [0.2, 0.25) is 5.02 Å². The summed E-state index contributed by atoms with van der Waals surface area (Å²) in [6.07, 6.45) is 5.57. The number of aromatic nitrogens is 3. The molecule has 3 fully saturated rings. The number of hydrogen-bond acceptors (Lipinski definition) is 8. The first-order valence-corrected chi connectivity index (χ1v) is 12.7. The molecular formula is C26H26ClFN6O3. The number of nitrogens with one attached hydrogen (secondary N) is 1. The van der Waals surface area contributed by atoms with E-state index in [-0.39, 0.29) is 40.6 Å². The first kappa shape index (κ1) is 23.9. The Morgan fingerprint density at radius 1 is 1.27 bits per heavy atom. The number of nitrogens with zero attached hydrogens (tertiary/aromatic N) is 5. The van der Waals surface area contributed by atoms with Crippen molar-refractivity contribution in [2.45, 2.75) is 37.5 Å². The lowest BCUT2D eigenvalue weighted by atomic mass is 10.2. The number of hydrogen-bond donors (Lipinski definition) is 1. The second-order valence-corrected chi connectivity index (χ2v) is 9.84. The molecule has 1 amide bonds. The van der Waals surface area contributed by atoms with Gasteiger partial charge in [0.2, 0.25) is 5.91 Å². The zero-order valence-electron chi connectivity index (χ0n) is 20.1. The number of amides is 1. The van der Waals surface area contributed by atoms with E-state index in [9.17, 15) is 4.79 Å². The molecule has 0 aliphatic carbocycles. The molecule has 0 unspecified atom stereocenters. The summed E-state index contributed by atoms with van der Waals surface area (Å²) < 4.78 is 26.4. The molecule has 9 nitrogen and oxygen atoms in total. The van der Waals surface area contributed by atoms with E-state index < -0.39 is 5.82 Å². The van der Waals surface area contributed by atoms with Gasteiger partial charge in [0, 0.05) is 19.7 Å². The van der Waals surface area contributed by atoms with Gasteiger partial charge in [0.15, 0.2) is 11.6 Å². The molecule has 37 heavy (non-hydrogen) atoms. The van der Waals surface area contributed by atoms with E-state index in [0.717, 1.165) is 25.1 Å². The van der Waals surface area contributed by atoms with Crippen LogP contribution in [0.25, 0.3) is 11.0 Å². The Kier molecular flexibility index (Phi) is 6.29. The lowest BCUT2D eigenvalue weighted by molar-refractivity contribution is -0.127. The predicted molar refractivity (Wildman–Crippen MR) is 138 cm³/mol. The van der Waals surface area contributed by atoms with Crippen molar-refractivity contribution in [3.8, 4) is 5.75 Å². The number of fused-ring (bicyclic) bond motifs is 3. The maximum Gasteiger partial charge on any atom is 0.246 e. The van der Waals surface area contributed by atoms with E-state index in [1.165, 1.54) is 12.4 Å². The van der Waals surface area contributed by atoms with Crippen molar-refractivity contribution in [3.63, 3.8) is 0 Å². The highest BCUT2D eigenvalue weighted by atomic mass is 35.5. The van der Waals surface area contributed by atoms with Gasteiger partial charge >= 0.3 is 0 Å². The second kappa shape index (κ2) is 9.75. The van der Waals surface area contributed by atoms with E-state index in [2.05, 4.69) is 26.8 Å². The van der Waals surface area contributed by atoms with Crippen molar-refractivity contribution in [2.24, 2.45) is 0 Å². The first-order chi connectivity index (χ1) is 18.0. The van der Waals surface area contributed by atoms with E-state index >= 15 is 4.39 Å². The summed E-state index contributed by atoms with van der Waals surface area (Å²) in [7, 11) is 0. The van der Waals surface area contributed by atoms with Crippen LogP contribution < -0.4 is 15.0 Å². The Labute approximate surface area is 218 Å². The van der Waals surface area contributed by atoms with Crippen molar-refractivity contribution >= 4 is 45.9 Å². The van der Waals surface area contributed by atoms with Gasteiger partial charge in [0.25, 0.3) is 0 Å². The molecule has 0 spiro atoms. The van der Waals surface area contributed by atoms with Gasteiger partial charge in [-0.1, -0.05) is 18.2 Å². The van der Waals surface area contributed by atoms with E-state index in [4.69, 9.17) is 26.1 Å². The third kappa shape index (κ3) is 4.44. The second-order valence-electron chi connectivity index (χ2n) is 9.46. The van der Waals surface area contributed by atoms with Crippen molar-refractivity contribution in [1.29, 1.82) is 0 Å². The summed E-state index contributed by atoms with van der Waals surface area (Å²) in [6, 6.07) is 7.29. The summed E-state index contributed by atoms with van der Waals surface area (Å²) in [5.41, 5.74) is 1.29. The normalized spacial score (nSPS) is 22.6. The third-order valence-corrected chi connectivity index (χ3v) is 7.56. The Bertz CT molecular complexity index is 1370. The fraction of sp³-hybridized carbons (Fsp3) is 0.385. The standard InChI is InChI=1S/C26H26ClFN6O3/c1-2-22(35)34-12-15-10-16(34)11-33(15)21-8-6-19-25(32-21)26(30-14-29-19)31-18-5-7-20(23(27)24(18)28)37-13-17-4-3-9-36-17/h2,5-8,14-17H,1,3-4,9-13H2,(H,29,30,31)/t15-,16-,17-/m0/s1. The van der Waals surface area contributed by atoms with Crippen LogP contribution in [0.5, 0.6) is 5.75 Å². The number of anilines is 3. The van der Waals surface area contributed by atoms with Gasteiger partial charge in [-0.3, -0.25) is 4.79 Å². The molecule has 6 rings (SSSR count). The molecule has 3 saturated heterocycles. The minimum Gasteiger partial charge on any atom is -0.489 e. The number of piperazine rings is 1. The Balaban J connectivity index is 1.23. The van der Waals surface area contributed by atoms with Crippen LogP contribution in [0.15, 0.2) is 43.2 Å². The van der Waals surface area contributed by atoms with Crippen molar-refractivity contribution in [3.05, 3.63) is 54.1 Å². The van der Waals surface area contributed by atoms with Gasteiger partial charge in [-0.05, 0) is 49.6 Å². The minimum atomic E-state index is -0.641. The van der Waals surface area contributed by atoms with Gasteiger partial charge in [-0.15, -0.1) is 0 Å². The number of carbonyl (C=O) groups is 1. The molecule has 0 radical (unpaired) electrons. The first-order valence-electron chi connectivity index (χ1n) is 12.3. The summed E-state index contributed by atoms with van der Waals surface area (Å²) in [4.78, 5) is 29.6. The zero-order chi connectivity index (χ0) is 25.5. The SMILES string of the molecule is C=CC(=O)N1C[C@@H]2C[C@H]1CN2c1ccc2ncnc(Nc3ccc(OC[C@@H]4CCCO4)c(Cl)c3F)c2n1. The molecule has 3 aliphatic rings. The van der Waals surface area contributed by atoms with Crippen LogP contribution >= 0.6 is 11.6 Å². The fourth-order valence-electron chi connectivity index (χ4n) is 5.34. The van der Waals surface area contributed by atoms with Crippen molar-refractivity contribution in [2.75, 3.05) is 36.5 Å². The number of rotatable bonds is 7. The Morgan fingerprint density at radius 3 is 2.92 bits per heavy atom. The largest absolute Gasteiger partial charge is 0.489 e. The van der Waals surface area contributed by atoms with Crippen LogP contribution in [0.1, 0.15) is 19.3 Å². The van der Waals surface area contributed by atoms with Gasteiger partial charge in [-0.25, -0.2) is 19.3 Å². The van der Waals surface area contributed by atoms with Crippen LogP contribution in [-0.2, 0) is 9.53 Å². The monoisotopic (exact) mass is 524 g/mol. The van der Waals surface area contributed by atoms with Gasteiger partial charge < -0.3 is 24.6 Å². The lowest BCUT2D eigenvalue weighted by Crippen LogP contribution is -2.48. The third-order valence-electron chi connectivity index (χ3n) is 7.21. The molecular weight excluding hydrogens is 499 g/mol. The molecule has 3 aliphatic heterocycles. The predicted octanol–water partition coefficient (Wildman–Crippen LogP) is 4.09. The molecule has 1 aromatic carbocycles. The summed E-state index contributed by atoms with van der Waals surface area (Å²) in [5.74, 6) is 0.713. The molecule has 192 valence electrons. The average Bonchev–Trinajstić information content (AvgIpc) is 3.68. The molecule has 3 aromatic rings. The average molecular weight is 525 g/mol. The lowest BCUT2D eigenvalue weighted by Gasteiger charge is -2.34. The number of likely N-dealkylation sites (tertiary alicyclic amines) is 1. The number of ether oxygens (including phenoxy) is 2. The van der Waals surface area contributed by atoms with Crippen LogP contribution in [0.4, 0.5) is 21.7 Å². The number of carbonyl (C=O) groups excluding carboxylic acids is 1. The topological polar surface area (TPSA) is 92.7 Å². The molecule has 2 aromatic heterocycles. The quantitative estimate of drug-likeness (QED) is 0.462. The van der Waals surface area contributed by atoms with Crippen molar-refractivity contribution in [1.82, 2.24) is 19.9 Å². The van der Waals surface area contributed by atoms with Crippen molar-refractivity contribution < 1.29 is 18.7 Å². The number of pyridine rings is 1. The van der Waals surface area contributed by atoms with Gasteiger partial charge in [0.05, 0.1) is 29.4 Å². The molecule has 0 saturated carbocycles. The van der Waals surface area contributed by atoms with Gasteiger partial charge in [-0.2, -0.15) is 0 Å². The van der Waals surface area contributed by atoms with E-state index in [0.29, 0.717) is 43.2 Å². The van der Waals surface area contributed by atoms with E-state index in [1.807, 2.05) is 17.0 Å². The molecule has 2 bridgehead atoms. The Hall–Kier alpha value is -3.50. The summed E-state index contributed by atoms with van der Waals surface area (Å²) in [6.45, 7) is 5.97. The number of halogens is 2. The molecule has 1 N–H and O–H groups in total. The van der Waals surface area contributed by atoms with Crippen LogP contribution in [-0.4, -0.2) is 70.2 Å². The molecule has 11 heteroatoms. The number of benzene rings is 1. The van der Waals surface area contributed by atoms with Crippen LogP contribution in [0, 0.1) is 5.82 Å². The maximum atomic E-state index is 15.2. The highest BCUT2D eigenvalue weighted by Gasteiger charge is 2.45. The molecule has 5 heterocycles. The minimum absolute atomic E-state index is 0.000882. The highest BCUT2D eigenvalue weighted by Crippen LogP contribution is 2.37. The van der Waals surface area contributed by atoms with Gasteiger partial charge in [0.1, 0.15) is 35.0 Å². The zero-order valence-corrected chi connectivity index (χ0v) is 20.8. The van der Waals surface area contributed by atoms with E-state index in [1.54, 1.807) is 12.1 Å². The fourth-order valence-corrected chi connectivity index (χ4v) is 5.56. The summed E-state index contributed by atoms with van der Waals surface area (Å²) >= 11 is 6.29. The Morgan fingerprint density at radius 2 is 2.16 bits per heavy atom. The van der Waals surface area contributed by atoms with Crippen LogP contribution in [0.3, 0.4) is 0 Å². The highest BCUT2D eigenvalue weighted by molar-refractivity contribution is 6.32.